The summed E-state index contributed by atoms with van der Waals surface area (Å²) in [6, 6.07) is 13.2. The van der Waals surface area contributed by atoms with Crippen LogP contribution < -0.4 is 4.74 Å². The number of halogens is 3. The van der Waals surface area contributed by atoms with Crippen LogP contribution in [0.5, 0.6) is 5.75 Å². The van der Waals surface area contributed by atoms with Crippen LogP contribution in [-0.4, -0.2) is 24.9 Å². The molecule has 0 aliphatic carbocycles. The summed E-state index contributed by atoms with van der Waals surface area (Å²) in [5.41, 5.74) is 2.96. The quantitative estimate of drug-likeness (QED) is 0.597. The number of hydrogen-bond acceptors (Lipinski definition) is 3. The predicted octanol–water partition coefficient (Wildman–Crippen LogP) is 5.50. The van der Waals surface area contributed by atoms with Gasteiger partial charge in [-0.05, 0) is 54.7 Å². The number of hydrogen-bond donors (Lipinski definition) is 0. The Kier molecular flexibility index (Phi) is 6.30. The largest absolute Gasteiger partial charge is 0.475 e. The Morgan fingerprint density at radius 3 is 2.45 bits per heavy atom. The van der Waals surface area contributed by atoms with Gasteiger partial charge in [0.1, 0.15) is 5.75 Å². The van der Waals surface area contributed by atoms with Gasteiger partial charge in [-0.3, -0.25) is 0 Å². The van der Waals surface area contributed by atoms with Gasteiger partial charge in [0.2, 0.25) is 6.10 Å². The molecule has 1 aliphatic heterocycles. The van der Waals surface area contributed by atoms with E-state index in [9.17, 15) is 18.0 Å². The zero-order valence-electron chi connectivity index (χ0n) is 16.4. The molecule has 0 amide bonds. The van der Waals surface area contributed by atoms with Crippen molar-refractivity contribution in [1.82, 2.24) is 0 Å². The molecule has 0 saturated heterocycles. The molecule has 2 aromatic carbocycles. The Morgan fingerprint density at radius 1 is 1.10 bits per heavy atom. The van der Waals surface area contributed by atoms with E-state index in [1.807, 2.05) is 43.3 Å². The Bertz CT molecular complexity index is 902. The molecule has 0 saturated carbocycles. The van der Waals surface area contributed by atoms with Gasteiger partial charge in [-0.25, -0.2) is 4.79 Å². The third kappa shape index (κ3) is 4.81. The van der Waals surface area contributed by atoms with E-state index in [1.165, 1.54) is 6.08 Å². The van der Waals surface area contributed by atoms with Crippen LogP contribution in [0.3, 0.4) is 0 Å². The summed E-state index contributed by atoms with van der Waals surface area (Å²) in [6.45, 7) is 3.58. The second-order valence-electron chi connectivity index (χ2n) is 6.93. The molecular formula is C23H23F3O3. The number of fused-ring (bicyclic) bond motifs is 1. The van der Waals surface area contributed by atoms with Crippen LogP contribution in [0.15, 0.2) is 48.0 Å². The fourth-order valence-electron chi connectivity index (χ4n) is 3.44. The molecule has 1 unspecified atom stereocenters. The average Bonchev–Trinajstić information content (AvgIpc) is 2.68. The number of alkyl halides is 3. The molecule has 3 rings (SSSR count). The smallest absolute Gasteiger partial charge is 0.430 e. The summed E-state index contributed by atoms with van der Waals surface area (Å²) in [7, 11) is 0. The maximum atomic E-state index is 13.6. The van der Waals surface area contributed by atoms with Crippen molar-refractivity contribution in [3.63, 3.8) is 0 Å². The molecule has 154 valence electrons. The molecule has 0 N–H and O–H groups in total. The Hall–Kier alpha value is -2.76. The van der Waals surface area contributed by atoms with E-state index in [0.29, 0.717) is 12.0 Å². The van der Waals surface area contributed by atoms with Gasteiger partial charge in [0.15, 0.2) is 0 Å². The van der Waals surface area contributed by atoms with Gasteiger partial charge in [-0.1, -0.05) is 43.7 Å². The molecule has 29 heavy (non-hydrogen) atoms. The molecule has 2 aromatic rings. The summed E-state index contributed by atoms with van der Waals surface area (Å²) in [6.07, 6.45) is -3.55. The van der Waals surface area contributed by atoms with Gasteiger partial charge in [-0.2, -0.15) is 13.2 Å². The van der Waals surface area contributed by atoms with Crippen molar-refractivity contribution in [1.29, 1.82) is 0 Å². The van der Waals surface area contributed by atoms with Gasteiger partial charge in [0, 0.05) is 5.56 Å². The highest BCUT2D eigenvalue weighted by molar-refractivity contribution is 5.96. The van der Waals surface area contributed by atoms with Crippen LogP contribution in [0, 0.1) is 0 Å². The van der Waals surface area contributed by atoms with E-state index in [4.69, 9.17) is 9.47 Å². The van der Waals surface area contributed by atoms with Crippen molar-refractivity contribution >= 4 is 12.0 Å². The van der Waals surface area contributed by atoms with Crippen molar-refractivity contribution in [2.75, 3.05) is 6.61 Å². The van der Waals surface area contributed by atoms with E-state index in [-0.39, 0.29) is 12.4 Å². The Morgan fingerprint density at radius 2 is 1.83 bits per heavy atom. The van der Waals surface area contributed by atoms with Crippen molar-refractivity contribution in [3.05, 3.63) is 70.3 Å². The minimum absolute atomic E-state index is 0.00922. The van der Waals surface area contributed by atoms with Crippen molar-refractivity contribution < 1.29 is 27.4 Å². The molecule has 1 heterocycles. The Balaban J connectivity index is 2.06. The highest BCUT2D eigenvalue weighted by atomic mass is 19.4. The maximum absolute atomic E-state index is 13.6. The number of esters is 1. The van der Waals surface area contributed by atoms with Crippen LogP contribution in [-0.2, 0) is 22.4 Å². The number of ether oxygens (including phenoxy) is 2. The zero-order valence-corrected chi connectivity index (χ0v) is 16.4. The molecule has 1 atom stereocenters. The highest BCUT2D eigenvalue weighted by Gasteiger charge is 2.48. The standard InChI is InChI=1S/C23H23F3O3/c1-3-8-16-12-18-13-19(22(27)28-4-2)21(23(24,25)26)29-20(18)14-17(16)11-15-9-6-5-7-10-15/h5-7,9-10,12-14,21H,3-4,8,11H2,1-2H3. The molecular weight excluding hydrogens is 381 g/mol. The molecule has 0 spiro atoms. The predicted molar refractivity (Wildman–Crippen MR) is 105 cm³/mol. The summed E-state index contributed by atoms with van der Waals surface area (Å²) >= 11 is 0. The summed E-state index contributed by atoms with van der Waals surface area (Å²) in [5, 5.41) is 0. The lowest BCUT2D eigenvalue weighted by molar-refractivity contribution is -0.187. The number of benzene rings is 2. The van der Waals surface area contributed by atoms with E-state index >= 15 is 0 Å². The van der Waals surface area contributed by atoms with E-state index < -0.39 is 23.8 Å². The first-order chi connectivity index (χ1) is 13.8. The van der Waals surface area contributed by atoms with E-state index in [0.717, 1.165) is 29.5 Å². The van der Waals surface area contributed by atoms with Crippen molar-refractivity contribution in [2.45, 2.75) is 45.4 Å². The molecule has 3 nitrogen and oxygen atoms in total. The number of aryl methyl sites for hydroxylation is 1. The first kappa shape index (κ1) is 21.0. The number of carbonyl (C=O) groups is 1. The maximum Gasteiger partial charge on any atom is 0.430 e. The van der Waals surface area contributed by atoms with Crippen LogP contribution in [0.4, 0.5) is 13.2 Å². The summed E-state index contributed by atoms with van der Waals surface area (Å²) < 4.78 is 50.8. The lowest BCUT2D eigenvalue weighted by atomic mass is 9.92. The molecule has 0 bridgehead atoms. The topological polar surface area (TPSA) is 35.5 Å². The third-order valence-electron chi connectivity index (χ3n) is 4.74. The third-order valence-corrected chi connectivity index (χ3v) is 4.74. The van der Waals surface area contributed by atoms with Gasteiger partial charge >= 0.3 is 12.1 Å². The van der Waals surface area contributed by atoms with Gasteiger partial charge in [-0.15, -0.1) is 0 Å². The van der Waals surface area contributed by atoms with Gasteiger partial charge in [0.25, 0.3) is 0 Å². The fourth-order valence-corrected chi connectivity index (χ4v) is 3.44. The normalized spacial score (nSPS) is 15.9. The zero-order chi connectivity index (χ0) is 21.0. The second-order valence-corrected chi connectivity index (χ2v) is 6.93. The second kappa shape index (κ2) is 8.72. The van der Waals surface area contributed by atoms with Gasteiger partial charge < -0.3 is 9.47 Å². The molecule has 1 aliphatic rings. The van der Waals surface area contributed by atoms with E-state index in [1.54, 1.807) is 13.0 Å². The van der Waals surface area contributed by atoms with E-state index in [2.05, 4.69) is 0 Å². The van der Waals surface area contributed by atoms with Crippen molar-refractivity contribution in [2.24, 2.45) is 0 Å². The fraction of sp³-hybridized carbons (Fsp3) is 0.348. The first-order valence-corrected chi connectivity index (χ1v) is 9.65. The number of rotatable bonds is 6. The van der Waals surface area contributed by atoms with Crippen molar-refractivity contribution in [3.8, 4) is 5.75 Å². The summed E-state index contributed by atoms with van der Waals surface area (Å²) in [4.78, 5) is 12.1. The molecule has 6 heteroatoms. The molecule has 0 radical (unpaired) electrons. The monoisotopic (exact) mass is 404 g/mol. The lowest BCUT2D eigenvalue weighted by Gasteiger charge is -2.29. The van der Waals surface area contributed by atoms with Crippen LogP contribution >= 0.6 is 0 Å². The lowest BCUT2D eigenvalue weighted by Crippen LogP contribution is -2.40. The SMILES string of the molecule is CCCc1cc2c(cc1Cc1ccccc1)OC(C(F)(F)F)C(C(=O)OCC)=C2. The summed E-state index contributed by atoms with van der Waals surface area (Å²) in [5.74, 6) is -0.878. The highest BCUT2D eigenvalue weighted by Crippen LogP contribution is 2.39. The average molecular weight is 404 g/mol. The Labute approximate surface area is 168 Å². The number of carbonyl (C=O) groups excluding carboxylic acids is 1. The minimum Gasteiger partial charge on any atom is -0.475 e. The molecule has 0 fully saturated rings. The van der Waals surface area contributed by atoms with Crippen LogP contribution in [0.25, 0.3) is 6.08 Å². The van der Waals surface area contributed by atoms with Crippen LogP contribution in [0.2, 0.25) is 0 Å². The van der Waals surface area contributed by atoms with Gasteiger partial charge in [0.05, 0.1) is 12.2 Å². The minimum atomic E-state index is -4.72. The first-order valence-electron chi connectivity index (χ1n) is 9.65. The molecule has 0 aromatic heterocycles. The van der Waals surface area contributed by atoms with Crippen LogP contribution in [0.1, 0.15) is 42.5 Å².